The first-order valence-electron chi connectivity index (χ1n) is 4.83. The molecule has 0 saturated carbocycles. The zero-order valence-electron chi connectivity index (χ0n) is 8.64. The zero-order chi connectivity index (χ0) is 10.4. The lowest BCUT2D eigenvalue weighted by molar-refractivity contribution is -0.126. The summed E-state index contributed by atoms with van der Waals surface area (Å²) in [6, 6.07) is -0.186. The highest BCUT2D eigenvalue weighted by molar-refractivity contribution is 5.83. The maximum absolute atomic E-state index is 11.5. The van der Waals surface area contributed by atoms with Gasteiger partial charge in [-0.2, -0.15) is 0 Å². The minimum Gasteiger partial charge on any atom is -0.374 e. The molecule has 1 aromatic heterocycles. The maximum atomic E-state index is 11.5. The van der Waals surface area contributed by atoms with Crippen molar-refractivity contribution in [1.29, 1.82) is 0 Å². The lowest BCUT2D eigenvalue weighted by Gasteiger charge is -2.11. The summed E-state index contributed by atoms with van der Waals surface area (Å²) in [4.78, 5) is 15.4. The van der Waals surface area contributed by atoms with Gasteiger partial charge in [0, 0.05) is 19.0 Å². The van der Waals surface area contributed by atoms with Gasteiger partial charge < -0.3 is 9.30 Å². The van der Waals surface area contributed by atoms with E-state index in [-0.39, 0.29) is 18.4 Å². The third-order valence-corrected chi connectivity index (χ3v) is 2.03. The molecule has 0 aromatic carbocycles. The second-order valence-corrected chi connectivity index (χ2v) is 3.20. The molecule has 0 amide bonds. The Bertz CT molecular complexity index is 270. The van der Waals surface area contributed by atoms with Crippen LogP contribution in [0.1, 0.15) is 26.3 Å². The van der Waals surface area contributed by atoms with Gasteiger partial charge in [0.25, 0.3) is 0 Å². The standard InChI is InChI=1S/C10H16N2O2/c1-3-6-14-7-10(13)9(2)12-5-4-11-8-12/h4-5,8-9H,3,6-7H2,1-2H3. The minimum absolute atomic E-state index is 0.0800. The molecule has 4 heteroatoms. The van der Waals surface area contributed by atoms with Gasteiger partial charge in [0.15, 0.2) is 5.78 Å². The van der Waals surface area contributed by atoms with Crippen molar-refractivity contribution in [2.45, 2.75) is 26.3 Å². The highest BCUT2D eigenvalue weighted by Gasteiger charge is 2.13. The fraction of sp³-hybridized carbons (Fsp3) is 0.600. The third kappa shape index (κ3) is 2.96. The van der Waals surface area contributed by atoms with Crippen LogP contribution in [0.4, 0.5) is 0 Å². The molecule has 0 fully saturated rings. The highest BCUT2D eigenvalue weighted by atomic mass is 16.5. The summed E-state index contributed by atoms with van der Waals surface area (Å²) in [7, 11) is 0. The fourth-order valence-corrected chi connectivity index (χ4v) is 1.10. The summed E-state index contributed by atoms with van der Waals surface area (Å²) in [5.74, 6) is 0.0800. The number of aromatic nitrogens is 2. The van der Waals surface area contributed by atoms with Crippen molar-refractivity contribution >= 4 is 5.78 Å². The van der Waals surface area contributed by atoms with Gasteiger partial charge in [0.2, 0.25) is 0 Å². The second-order valence-electron chi connectivity index (χ2n) is 3.20. The Morgan fingerprint density at radius 3 is 3.00 bits per heavy atom. The average molecular weight is 196 g/mol. The number of rotatable bonds is 6. The van der Waals surface area contributed by atoms with Crippen molar-refractivity contribution in [3.63, 3.8) is 0 Å². The number of Topliss-reactive ketones (excluding diaryl/α,β-unsaturated/α-hetero) is 1. The average Bonchev–Trinajstić information content (AvgIpc) is 2.69. The van der Waals surface area contributed by atoms with Crippen LogP contribution in [0.5, 0.6) is 0 Å². The summed E-state index contributed by atoms with van der Waals surface area (Å²) in [6.07, 6.45) is 6.02. The lowest BCUT2D eigenvalue weighted by atomic mass is 10.2. The van der Waals surface area contributed by atoms with Crippen molar-refractivity contribution in [3.8, 4) is 0 Å². The molecule has 14 heavy (non-hydrogen) atoms. The van der Waals surface area contributed by atoms with Crippen molar-refractivity contribution in [3.05, 3.63) is 18.7 Å². The van der Waals surface area contributed by atoms with E-state index in [9.17, 15) is 4.79 Å². The van der Waals surface area contributed by atoms with E-state index in [1.54, 1.807) is 23.3 Å². The first-order valence-corrected chi connectivity index (χ1v) is 4.83. The Labute approximate surface area is 83.9 Å². The van der Waals surface area contributed by atoms with Gasteiger partial charge in [-0.05, 0) is 13.3 Å². The Morgan fingerprint density at radius 1 is 1.64 bits per heavy atom. The molecule has 1 unspecified atom stereocenters. The largest absolute Gasteiger partial charge is 0.374 e. The summed E-state index contributed by atoms with van der Waals surface area (Å²) in [5.41, 5.74) is 0. The third-order valence-electron chi connectivity index (χ3n) is 2.03. The normalized spacial score (nSPS) is 12.7. The number of imidazole rings is 1. The number of nitrogens with zero attached hydrogens (tertiary/aromatic N) is 2. The molecule has 1 atom stereocenters. The number of carbonyl (C=O) groups excluding carboxylic acids is 1. The van der Waals surface area contributed by atoms with Crippen LogP contribution < -0.4 is 0 Å². The van der Waals surface area contributed by atoms with Gasteiger partial charge in [-0.1, -0.05) is 6.92 Å². The van der Waals surface area contributed by atoms with E-state index < -0.39 is 0 Å². The monoisotopic (exact) mass is 196 g/mol. The van der Waals surface area contributed by atoms with E-state index in [1.807, 2.05) is 13.8 Å². The molecule has 0 radical (unpaired) electrons. The van der Waals surface area contributed by atoms with Crippen LogP contribution in [0.3, 0.4) is 0 Å². The molecule has 78 valence electrons. The van der Waals surface area contributed by atoms with E-state index in [1.165, 1.54) is 0 Å². The van der Waals surface area contributed by atoms with Crippen LogP contribution in [0.2, 0.25) is 0 Å². The lowest BCUT2D eigenvalue weighted by Crippen LogP contribution is -2.20. The van der Waals surface area contributed by atoms with Crippen molar-refractivity contribution < 1.29 is 9.53 Å². The summed E-state index contributed by atoms with van der Waals surface area (Å²) in [6.45, 7) is 4.69. The van der Waals surface area contributed by atoms with Crippen molar-refractivity contribution in [1.82, 2.24) is 9.55 Å². The Balaban J connectivity index is 2.37. The molecule has 0 spiro atoms. The van der Waals surface area contributed by atoms with Crippen molar-refractivity contribution in [2.24, 2.45) is 0 Å². The van der Waals surface area contributed by atoms with Crippen LogP contribution in [0.15, 0.2) is 18.7 Å². The topological polar surface area (TPSA) is 44.1 Å². The van der Waals surface area contributed by atoms with Gasteiger partial charge in [-0.15, -0.1) is 0 Å². The summed E-state index contributed by atoms with van der Waals surface area (Å²) in [5, 5.41) is 0. The van der Waals surface area contributed by atoms with Gasteiger partial charge >= 0.3 is 0 Å². The molecule has 0 bridgehead atoms. The summed E-state index contributed by atoms with van der Waals surface area (Å²) >= 11 is 0. The minimum atomic E-state index is -0.186. The van der Waals surface area contributed by atoms with Gasteiger partial charge in [0.05, 0.1) is 12.4 Å². The molecular formula is C10H16N2O2. The predicted octanol–water partition coefficient (Wildman–Crippen LogP) is 1.44. The quantitative estimate of drug-likeness (QED) is 0.647. The molecule has 0 saturated heterocycles. The molecule has 1 rings (SSSR count). The second kappa shape index (κ2) is 5.54. The molecule has 0 aliphatic carbocycles. The number of hydrogen-bond acceptors (Lipinski definition) is 3. The van der Waals surface area contributed by atoms with E-state index >= 15 is 0 Å². The van der Waals surface area contributed by atoms with Crippen LogP contribution in [-0.4, -0.2) is 28.5 Å². The first-order chi connectivity index (χ1) is 6.75. The summed E-state index contributed by atoms with van der Waals surface area (Å²) < 4.78 is 6.96. The number of ketones is 1. The number of carbonyl (C=O) groups is 1. The molecule has 1 aromatic rings. The molecular weight excluding hydrogens is 180 g/mol. The Hall–Kier alpha value is -1.16. The van der Waals surface area contributed by atoms with Gasteiger partial charge in [-0.25, -0.2) is 4.98 Å². The first kappa shape index (κ1) is 10.9. The highest BCUT2D eigenvalue weighted by Crippen LogP contribution is 2.05. The Morgan fingerprint density at radius 2 is 2.43 bits per heavy atom. The fourth-order valence-electron chi connectivity index (χ4n) is 1.10. The predicted molar refractivity (Wildman–Crippen MR) is 53.1 cm³/mol. The zero-order valence-corrected chi connectivity index (χ0v) is 8.64. The van der Waals surface area contributed by atoms with Gasteiger partial charge in [0.1, 0.15) is 6.61 Å². The van der Waals surface area contributed by atoms with E-state index in [0.29, 0.717) is 6.61 Å². The Kier molecular flexibility index (Phi) is 4.32. The molecule has 4 nitrogen and oxygen atoms in total. The van der Waals surface area contributed by atoms with Crippen LogP contribution in [0.25, 0.3) is 0 Å². The number of ether oxygens (including phenoxy) is 1. The van der Waals surface area contributed by atoms with Crippen LogP contribution in [-0.2, 0) is 9.53 Å². The van der Waals surface area contributed by atoms with E-state index in [0.717, 1.165) is 6.42 Å². The SMILES string of the molecule is CCCOCC(=O)C(C)n1ccnc1. The maximum Gasteiger partial charge on any atom is 0.180 e. The van der Waals surface area contributed by atoms with E-state index in [2.05, 4.69) is 4.98 Å². The molecule has 0 aliphatic heterocycles. The van der Waals surface area contributed by atoms with Crippen LogP contribution in [0, 0.1) is 0 Å². The molecule has 0 aliphatic rings. The smallest absolute Gasteiger partial charge is 0.180 e. The molecule has 0 N–H and O–H groups in total. The number of hydrogen-bond donors (Lipinski definition) is 0. The van der Waals surface area contributed by atoms with Crippen LogP contribution >= 0.6 is 0 Å². The molecule has 1 heterocycles. The van der Waals surface area contributed by atoms with Gasteiger partial charge in [-0.3, -0.25) is 4.79 Å². The van der Waals surface area contributed by atoms with Crippen molar-refractivity contribution in [2.75, 3.05) is 13.2 Å². The van der Waals surface area contributed by atoms with E-state index in [4.69, 9.17) is 4.74 Å².